The second-order valence-corrected chi connectivity index (χ2v) is 8.36. The van der Waals surface area contributed by atoms with Crippen LogP contribution in [0.5, 0.6) is 11.5 Å². The van der Waals surface area contributed by atoms with E-state index < -0.39 is 29.6 Å². The lowest BCUT2D eigenvalue weighted by molar-refractivity contribution is -0.149. The first-order valence-electron chi connectivity index (χ1n) is 8.68. The number of ether oxygens (including phenoxy) is 4. The predicted octanol–water partition coefficient (Wildman–Crippen LogP) is 2.84. The third kappa shape index (κ3) is 6.11. The highest BCUT2D eigenvalue weighted by molar-refractivity contribution is 14.1. The Kier molecular flexibility index (Phi) is 8.53. The maximum atomic E-state index is 12.6. The number of benzene rings is 1. The highest BCUT2D eigenvalue weighted by Gasteiger charge is 2.36. The minimum atomic E-state index is -0.656. The monoisotopic (exact) mass is 549 g/mol. The average Bonchev–Trinajstić information content (AvgIpc) is 2.93. The zero-order valence-corrected chi connectivity index (χ0v) is 19.7. The molecule has 1 aromatic carbocycles. The van der Waals surface area contributed by atoms with Crippen molar-refractivity contribution in [1.29, 1.82) is 0 Å². The minimum absolute atomic E-state index is 0.165. The molecule has 1 aliphatic heterocycles. The largest absolute Gasteiger partial charge is 0.493 e. The van der Waals surface area contributed by atoms with Crippen molar-refractivity contribution in [3.05, 3.63) is 26.2 Å². The van der Waals surface area contributed by atoms with Crippen molar-refractivity contribution in [3.8, 4) is 11.5 Å². The third-order valence-electron chi connectivity index (χ3n) is 3.64. The van der Waals surface area contributed by atoms with Crippen LogP contribution in [0.4, 0.5) is 4.79 Å². The summed E-state index contributed by atoms with van der Waals surface area (Å²) >= 11 is 2.74. The van der Waals surface area contributed by atoms with E-state index in [9.17, 15) is 19.2 Å². The van der Waals surface area contributed by atoms with E-state index in [4.69, 9.17) is 14.2 Å². The number of esters is 2. The molecule has 11 heteroatoms. The number of methoxy groups -OCH3 is 2. The molecule has 30 heavy (non-hydrogen) atoms. The molecule has 0 radical (unpaired) electrons. The summed E-state index contributed by atoms with van der Waals surface area (Å²) in [5, 5.41) is -0.549. The maximum absolute atomic E-state index is 12.6. The molecule has 0 unspecified atom stereocenters. The number of carbonyl (C=O) groups excluding carboxylic acids is 4. The number of carbonyl (C=O) groups is 4. The van der Waals surface area contributed by atoms with Crippen LogP contribution in [0.15, 0.2) is 17.0 Å². The molecule has 1 aliphatic rings. The minimum Gasteiger partial charge on any atom is -0.493 e. The highest BCUT2D eigenvalue weighted by Crippen LogP contribution is 2.37. The molecule has 0 atom stereocenters. The van der Waals surface area contributed by atoms with Crippen LogP contribution in [-0.4, -0.2) is 61.5 Å². The fraction of sp³-hybridized carbons (Fsp3) is 0.368. The topological polar surface area (TPSA) is 108 Å². The number of rotatable bonds is 8. The van der Waals surface area contributed by atoms with Gasteiger partial charge in [0.15, 0.2) is 18.1 Å². The quantitative estimate of drug-likeness (QED) is 0.275. The molecule has 1 saturated heterocycles. The van der Waals surface area contributed by atoms with Gasteiger partial charge in [-0.15, -0.1) is 0 Å². The van der Waals surface area contributed by atoms with Crippen LogP contribution in [0.1, 0.15) is 19.4 Å². The number of hydrogen-bond acceptors (Lipinski definition) is 9. The van der Waals surface area contributed by atoms with Gasteiger partial charge >= 0.3 is 11.9 Å². The Balaban J connectivity index is 2.22. The van der Waals surface area contributed by atoms with Crippen LogP contribution >= 0.6 is 34.4 Å². The molecule has 0 bridgehead atoms. The standard InChI is InChI=1S/C19H20INO8S/c1-10(2)29-15(22)8-21-18(24)14(30-19(21)25)7-11-5-12(20)17(13(6-11)26-3)28-9-16(23)27-4/h5-7,10H,8-9H2,1-4H3/b14-7+. The van der Waals surface area contributed by atoms with E-state index in [0.717, 1.165) is 16.7 Å². The molecule has 0 spiro atoms. The van der Waals surface area contributed by atoms with Gasteiger partial charge in [0.1, 0.15) is 6.54 Å². The smallest absolute Gasteiger partial charge is 0.343 e. The van der Waals surface area contributed by atoms with Crippen LogP contribution < -0.4 is 9.47 Å². The second kappa shape index (κ2) is 10.7. The van der Waals surface area contributed by atoms with Crippen molar-refractivity contribution in [2.45, 2.75) is 20.0 Å². The number of imide groups is 1. The first-order chi connectivity index (χ1) is 14.2. The van der Waals surface area contributed by atoms with Gasteiger partial charge in [-0.05, 0) is 72.0 Å². The zero-order valence-electron chi connectivity index (χ0n) is 16.7. The number of amides is 2. The molecular weight excluding hydrogens is 529 g/mol. The number of thioether (sulfide) groups is 1. The van der Waals surface area contributed by atoms with Crippen molar-refractivity contribution < 1.29 is 38.1 Å². The molecule has 162 valence electrons. The summed E-state index contributed by atoms with van der Waals surface area (Å²) in [5.41, 5.74) is 0.580. The van der Waals surface area contributed by atoms with Crippen LogP contribution in [0, 0.1) is 3.57 Å². The van der Waals surface area contributed by atoms with Gasteiger partial charge in [-0.25, -0.2) is 4.79 Å². The molecule has 0 N–H and O–H groups in total. The normalized spacial score (nSPS) is 15.0. The Labute approximate surface area is 191 Å². The van der Waals surface area contributed by atoms with Crippen molar-refractivity contribution in [2.24, 2.45) is 0 Å². The summed E-state index contributed by atoms with van der Waals surface area (Å²) in [4.78, 5) is 48.8. The fourth-order valence-corrected chi connectivity index (χ4v) is 3.99. The summed E-state index contributed by atoms with van der Waals surface area (Å²) in [6.07, 6.45) is 1.18. The van der Waals surface area contributed by atoms with E-state index in [-0.39, 0.29) is 17.6 Å². The number of hydrogen-bond donors (Lipinski definition) is 0. The number of nitrogens with zero attached hydrogens (tertiary/aromatic N) is 1. The fourth-order valence-electron chi connectivity index (χ4n) is 2.37. The van der Waals surface area contributed by atoms with Crippen LogP contribution in [-0.2, 0) is 23.9 Å². The molecule has 2 rings (SSSR count). The van der Waals surface area contributed by atoms with Crippen molar-refractivity contribution in [2.75, 3.05) is 27.4 Å². The van der Waals surface area contributed by atoms with Gasteiger partial charge < -0.3 is 18.9 Å². The highest BCUT2D eigenvalue weighted by atomic mass is 127. The number of halogens is 1. The maximum Gasteiger partial charge on any atom is 0.343 e. The summed E-state index contributed by atoms with van der Waals surface area (Å²) in [7, 11) is 2.70. The molecule has 1 heterocycles. The lowest BCUT2D eigenvalue weighted by Gasteiger charge is -2.13. The third-order valence-corrected chi connectivity index (χ3v) is 5.35. The van der Waals surface area contributed by atoms with Gasteiger partial charge in [0.25, 0.3) is 11.1 Å². The van der Waals surface area contributed by atoms with Gasteiger partial charge in [0.05, 0.1) is 28.8 Å². The van der Waals surface area contributed by atoms with Crippen molar-refractivity contribution in [3.63, 3.8) is 0 Å². The predicted molar refractivity (Wildman–Crippen MR) is 117 cm³/mol. The molecule has 2 amide bonds. The van der Waals surface area contributed by atoms with E-state index in [1.165, 1.54) is 20.3 Å². The SMILES string of the molecule is COC(=O)COc1c(I)cc(/C=C2/SC(=O)N(CC(=O)OC(C)C)C2=O)cc1OC. The second-order valence-electron chi connectivity index (χ2n) is 6.21. The molecule has 9 nitrogen and oxygen atoms in total. The lowest BCUT2D eigenvalue weighted by atomic mass is 10.2. The van der Waals surface area contributed by atoms with Gasteiger partial charge in [-0.1, -0.05) is 0 Å². The molecule has 0 saturated carbocycles. The van der Waals surface area contributed by atoms with E-state index in [1.54, 1.807) is 26.0 Å². The van der Waals surface area contributed by atoms with E-state index in [2.05, 4.69) is 4.74 Å². The van der Waals surface area contributed by atoms with Crippen LogP contribution in [0.25, 0.3) is 6.08 Å². The molecule has 1 aromatic rings. The van der Waals surface area contributed by atoms with E-state index in [0.29, 0.717) is 20.6 Å². The molecule has 1 fully saturated rings. The van der Waals surface area contributed by atoms with Gasteiger partial charge in [0.2, 0.25) is 0 Å². The van der Waals surface area contributed by atoms with E-state index in [1.807, 2.05) is 22.6 Å². The first-order valence-corrected chi connectivity index (χ1v) is 10.6. The Morgan fingerprint density at radius 1 is 1.20 bits per heavy atom. The first kappa shape index (κ1) is 24.0. The van der Waals surface area contributed by atoms with Gasteiger partial charge in [0, 0.05) is 0 Å². The summed E-state index contributed by atoms with van der Waals surface area (Å²) in [6.45, 7) is 2.63. The van der Waals surface area contributed by atoms with Crippen molar-refractivity contribution in [1.82, 2.24) is 4.90 Å². The van der Waals surface area contributed by atoms with Crippen LogP contribution in [0.2, 0.25) is 0 Å². The molecular formula is C19H20INO8S. The average molecular weight is 549 g/mol. The van der Waals surface area contributed by atoms with Crippen LogP contribution in [0.3, 0.4) is 0 Å². The van der Waals surface area contributed by atoms with E-state index >= 15 is 0 Å². The Hall–Kier alpha value is -2.28. The molecule has 0 aliphatic carbocycles. The van der Waals surface area contributed by atoms with Crippen molar-refractivity contribution >= 4 is 63.5 Å². The summed E-state index contributed by atoms with van der Waals surface area (Å²) in [5.74, 6) is -1.08. The van der Waals surface area contributed by atoms with Gasteiger partial charge in [-0.2, -0.15) is 0 Å². The van der Waals surface area contributed by atoms with Gasteiger partial charge in [-0.3, -0.25) is 19.3 Å². The summed E-state index contributed by atoms with van der Waals surface area (Å²) in [6, 6.07) is 3.31. The Morgan fingerprint density at radius 2 is 1.90 bits per heavy atom. The Morgan fingerprint density at radius 3 is 2.50 bits per heavy atom. The summed E-state index contributed by atoms with van der Waals surface area (Å²) < 4.78 is 20.9. The molecule has 0 aromatic heterocycles. The lowest BCUT2D eigenvalue weighted by Crippen LogP contribution is -2.35. The Bertz CT molecular complexity index is 899. The zero-order chi connectivity index (χ0) is 22.4.